The molecule has 0 aromatic heterocycles. The molecule has 0 spiro atoms. The average Bonchev–Trinajstić information content (AvgIpc) is 2.11. The van der Waals surface area contributed by atoms with Gasteiger partial charge in [0.1, 0.15) is 0 Å². The van der Waals surface area contributed by atoms with Gasteiger partial charge in [0.2, 0.25) is 5.91 Å². The number of nitrogens with two attached hydrogens (primary N) is 1. The van der Waals surface area contributed by atoms with E-state index in [2.05, 4.69) is 19.2 Å². The van der Waals surface area contributed by atoms with Crippen molar-refractivity contribution >= 4 is 5.91 Å². The second kappa shape index (κ2) is 6.89. The Morgan fingerprint density at radius 1 is 1.31 bits per heavy atom. The maximum absolute atomic E-state index is 10.9. The van der Waals surface area contributed by atoms with Gasteiger partial charge in [0.25, 0.3) is 0 Å². The maximum Gasteiger partial charge on any atom is 0.234 e. The van der Waals surface area contributed by atoms with E-state index in [9.17, 15) is 4.79 Å². The first-order chi connectivity index (χ1) is 6.15. The van der Waals surface area contributed by atoms with E-state index in [1.54, 1.807) is 0 Å². The summed E-state index contributed by atoms with van der Waals surface area (Å²) < 4.78 is 0. The van der Waals surface area contributed by atoms with Crippen LogP contribution in [0.25, 0.3) is 0 Å². The molecule has 0 heterocycles. The molecule has 3 heteroatoms. The number of nitrogens with one attached hydrogen (secondary N) is 1. The molecule has 0 aliphatic heterocycles. The van der Waals surface area contributed by atoms with E-state index in [4.69, 9.17) is 5.73 Å². The zero-order valence-electron chi connectivity index (χ0n) is 8.97. The lowest BCUT2D eigenvalue weighted by Crippen LogP contribution is -2.45. The zero-order valence-corrected chi connectivity index (χ0v) is 8.97. The summed E-state index contributed by atoms with van der Waals surface area (Å²) in [6, 6.07) is 0.277. The molecule has 0 fully saturated rings. The molecule has 0 aliphatic rings. The third kappa shape index (κ3) is 4.88. The molecule has 2 unspecified atom stereocenters. The van der Waals surface area contributed by atoms with Crippen LogP contribution in [0.1, 0.15) is 46.5 Å². The first-order valence-electron chi connectivity index (χ1n) is 5.20. The van der Waals surface area contributed by atoms with Crippen molar-refractivity contribution in [2.45, 2.75) is 58.5 Å². The molecular formula is C10H22N2O. The smallest absolute Gasteiger partial charge is 0.234 e. The van der Waals surface area contributed by atoms with Crippen molar-refractivity contribution in [3.05, 3.63) is 0 Å². The lowest BCUT2D eigenvalue weighted by atomic mass is 10.1. The number of carbonyl (C=O) groups excluding carboxylic acids is 1. The second-order valence-corrected chi connectivity index (χ2v) is 3.42. The number of hydrogen-bond acceptors (Lipinski definition) is 2. The molecule has 0 saturated carbocycles. The molecule has 0 bridgehead atoms. The topological polar surface area (TPSA) is 55.1 Å². The van der Waals surface area contributed by atoms with Crippen molar-refractivity contribution in [2.24, 2.45) is 5.73 Å². The van der Waals surface area contributed by atoms with Gasteiger partial charge < -0.3 is 11.1 Å². The van der Waals surface area contributed by atoms with E-state index in [0.717, 1.165) is 25.7 Å². The lowest BCUT2D eigenvalue weighted by Gasteiger charge is -2.21. The van der Waals surface area contributed by atoms with Crippen LogP contribution in [0.3, 0.4) is 0 Å². The second-order valence-electron chi connectivity index (χ2n) is 3.42. The minimum absolute atomic E-state index is 0.156. The molecule has 3 N–H and O–H groups in total. The number of primary amides is 1. The Balaban J connectivity index is 3.95. The largest absolute Gasteiger partial charge is 0.368 e. The highest BCUT2D eigenvalue weighted by Gasteiger charge is 2.15. The lowest BCUT2D eigenvalue weighted by molar-refractivity contribution is -0.120. The SMILES string of the molecule is CCCC(CC)NC(CC)C(N)=O. The molecule has 78 valence electrons. The first kappa shape index (κ1) is 12.4. The van der Waals surface area contributed by atoms with Crippen LogP contribution in [0.15, 0.2) is 0 Å². The van der Waals surface area contributed by atoms with E-state index in [1.807, 2.05) is 6.92 Å². The van der Waals surface area contributed by atoms with Gasteiger partial charge in [-0.1, -0.05) is 27.2 Å². The van der Waals surface area contributed by atoms with Crippen LogP contribution in [-0.2, 0) is 4.79 Å². The summed E-state index contributed by atoms with van der Waals surface area (Å²) in [5, 5.41) is 3.28. The fraction of sp³-hybridized carbons (Fsp3) is 0.900. The number of hydrogen-bond donors (Lipinski definition) is 2. The van der Waals surface area contributed by atoms with Crippen molar-refractivity contribution in [3.63, 3.8) is 0 Å². The number of amides is 1. The van der Waals surface area contributed by atoms with Crippen molar-refractivity contribution < 1.29 is 4.79 Å². The van der Waals surface area contributed by atoms with Crippen LogP contribution in [0.4, 0.5) is 0 Å². The minimum atomic E-state index is -0.239. The summed E-state index contributed by atoms with van der Waals surface area (Å²) in [5.74, 6) is -0.239. The molecule has 0 saturated heterocycles. The van der Waals surface area contributed by atoms with Crippen LogP contribution in [0.5, 0.6) is 0 Å². The molecular weight excluding hydrogens is 164 g/mol. The van der Waals surface area contributed by atoms with Gasteiger partial charge in [0, 0.05) is 6.04 Å². The van der Waals surface area contributed by atoms with E-state index in [1.165, 1.54) is 0 Å². The maximum atomic E-state index is 10.9. The van der Waals surface area contributed by atoms with E-state index >= 15 is 0 Å². The Bertz CT molecular complexity index is 148. The number of rotatable bonds is 7. The Morgan fingerprint density at radius 2 is 1.92 bits per heavy atom. The molecule has 1 amide bonds. The molecule has 3 nitrogen and oxygen atoms in total. The summed E-state index contributed by atoms with van der Waals surface area (Å²) in [5.41, 5.74) is 5.24. The molecule has 0 aliphatic carbocycles. The highest BCUT2D eigenvalue weighted by Crippen LogP contribution is 2.03. The van der Waals surface area contributed by atoms with Gasteiger partial charge in [-0.2, -0.15) is 0 Å². The van der Waals surface area contributed by atoms with E-state index < -0.39 is 0 Å². The highest BCUT2D eigenvalue weighted by atomic mass is 16.1. The first-order valence-corrected chi connectivity index (χ1v) is 5.20. The summed E-state index contributed by atoms with van der Waals surface area (Å²) >= 11 is 0. The summed E-state index contributed by atoms with van der Waals surface area (Å²) in [7, 11) is 0. The molecule has 0 rings (SSSR count). The van der Waals surface area contributed by atoms with Gasteiger partial charge in [-0.3, -0.25) is 4.79 Å². The van der Waals surface area contributed by atoms with Crippen molar-refractivity contribution in [3.8, 4) is 0 Å². The van der Waals surface area contributed by atoms with Gasteiger partial charge in [0.15, 0.2) is 0 Å². The Kier molecular flexibility index (Phi) is 6.59. The Morgan fingerprint density at radius 3 is 2.23 bits per heavy atom. The van der Waals surface area contributed by atoms with Gasteiger partial charge >= 0.3 is 0 Å². The van der Waals surface area contributed by atoms with Crippen LogP contribution >= 0.6 is 0 Å². The van der Waals surface area contributed by atoms with Gasteiger partial charge in [-0.05, 0) is 19.3 Å². The quantitative estimate of drug-likeness (QED) is 0.631. The van der Waals surface area contributed by atoms with Crippen molar-refractivity contribution in [2.75, 3.05) is 0 Å². The minimum Gasteiger partial charge on any atom is -0.368 e. The Labute approximate surface area is 81.1 Å². The van der Waals surface area contributed by atoms with E-state index in [0.29, 0.717) is 6.04 Å². The standard InChI is InChI=1S/C10H22N2O/c1-4-7-8(5-2)12-9(6-3)10(11)13/h8-9,12H,4-7H2,1-3H3,(H2,11,13). The summed E-state index contributed by atoms with van der Waals surface area (Å²) in [6.07, 6.45) is 4.08. The molecule has 13 heavy (non-hydrogen) atoms. The molecule has 2 atom stereocenters. The highest BCUT2D eigenvalue weighted by molar-refractivity contribution is 5.79. The normalized spacial score (nSPS) is 15.3. The molecule has 0 aromatic carbocycles. The fourth-order valence-corrected chi connectivity index (χ4v) is 1.44. The molecule has 0 radical (unpaired) electrons. The third-order valence-electron chi connectivity index (χ3n) is 2.32. The Hall–Kier alpha value is -0.570. The third-order valence-corrected chi connectivity index (χ3v) is 2.32. The van der Waals surface area contributed by atoms with Gasteiger partial charge in [0.05, 0.1) is 6.04 Å². The zero-order chi connectivity index (χ0) is 10.3. The predicted octanol–water partition coefficient (Wildman–Crippen LogP) is 1.42. The van der Waals surface area contributed by atoms with E-state index in [-0.39, 0.29) is 11.9 Å². The van der Waals surface area contributed by atoms with Crippen LogP contribution in [0.2, 0.25) is 0 Å². The monoisotopic (exact) mass is 186 g/mol. The van der Waals surface area contributed by atoms with Crippen molar-refractivity contribution in [1.29, 1.82) is 0 Å². The van der Waals surface area contributed by atoms with Crippen LogP contribution in [0, 0.1) is 0 Å². The van der Waals surface area contributed by atoms with Crippen LogP contribution < -0.4 is 11.1 Å². The van der Waals surface area contributed by atoms with Crippen LogP contribution in [-0.4, -0.2) is 18.0 Å². The average molecular weight is 186 g/mol. The summed E-state index contributed by atoms with van der Waals surface area (Å²) in [6.45, 7) is 6.25. The predicted molar refractivity (Wildman–Crippen MR) is 55.4 cm³/mol. The van der Waals surface area contributed by atoms with Gasteiger partial charge in [-0.15, -0.1) is 0 Å². The number of carbonyl (C=O) groups is 1. The van der Waals surface area contributed by atoms with Crippen molar-refractivity contribution in [1.82, 2.24) is 5.32 Å². The molecule has 0 aromatic rings. The fourth-order valence-electron chi connectivity index (χ4n) is 1.44. The summed E-state index contributed by atoms with van der Waals surface area (Å²) in [4.78, 5) is 10.9. The van der Waals surface area contributed by atoms with Gasteiger partial charge in [-0.25, -0.2) is 0 Å².